The lowest BCUT2D eigenvalue weighted by Gasteiger charge is -2.14. The fourth-order valence-corrected chi connectivity index (χ4v) is 2.92. The third-order valence-corrected chi connectivity index (χ3v) is 4.19. The van der Waals surface area contributed by atoms with E-state index in [1.54, 1.807) is 0 Å². The van der Waals surface area contributed by atoms with E-state index >= 15 is 0 Å². The fraction of sp³-hybridized carbons (Fsp3) is 0.300. The van der Waals surface area contributed by atoms with Gasteiger partial charge in [-0.25, -0.2) is 12.8 Å². The van der Waals surface area contributed by atoms with Gasteiger partial charge in [0.05, 0.1) is 0 Å². The highest BCUT2D eigenvalue weighted by atomic mass is 79.9. The summed E-state index contributed by atoms with van der Waals surface area (Å²) < 4.78 is 39.4. The van der Waals surface area contributed by atoms with Gasteiger partial charge in [0.15, 0.2) is 0 Å². The minimum atomic E-state index is -4.31. The summed E-state index contributed by atoms with van der Waals surface area (Å²) in [6.07, 6.45) is -0.313. The van der Waals surface area contributed by atoms with Crippen molar-refractivity contribution in [3.05, 3.63) is 28.5 Å². The summed E-state index contributed by atoms with van der Waals surface area (Å²) in [6, 6.07) is 1.77. The molecule has 1 atom stereocenters. The molecule has 0 amide bonds. The molecule has 1 rings (SSSR count). The normalized spacial score (nSPS) is 13.2. The summed E-state index contributed by atoms with van der Waals surface area (Å²) in [6.45, 7) is -0.512. The molecule has 0 unspecified atom stereocenters. The molecule has 0 heterocycles. The molecule has 0 aliphatic heterocycles. The Balaban J connectivity index is 3.06. The zero-order valence-corrected chi connectivity index (χ0v) is 11.9. The van der Waals surface area contributed by atoms with Crippen LogP contribution in [0.25, 0.3) is 0 Å². The van der Waals surface area contributed by atoms with E-state index in [4.69, 9.17) is 10.2 Å². The number of carbonyl (C=O) groups is 1. The largest absolute Gasteiger partial charge is 0.480 e. The Morgan fingerprint density at radius 2 is 2.11 bits per heavy atom. The molecule has 9 heteroatoms. The summed E-state index contributed by atoms with van der Waals surface area (Å²) in [4.78, 5) is 10.1. The maximum absolute atomic E-state index is 13.5. The van der Waals surface area contributed by atoms with Crippen molar-refractivity contribution in [2.75, 3.05) is 6.61 Å². The zero-order chi connectivity index (χ0) is 14.6. The lowest BCUT2D eigenvalue weighted by Crippen LogP contribution is -2.41. The summed E-state index contributed by atoms with van der Waals surface area (Å²) >= 11 is 2.98. The maximum atomic E-state index is 13.5. The summed E-state index contributed by atoms with van der Waals surface area (Å²) in [5.41, 5.74) is 0. The van der Waals surface area contributed by atoms with Gasteiger partial charge < -0.3 is 10.2 Å². The van der Waals surface area contributed by atoms with Crippen LogP contribution in [0.3, 0.4) is 0 Å². The molecule has 0 aromatic heterocycles. The van der Waals surface area contributed by atoms with Gasteiger partial charge in [0.2, 0.25) is 10.0 Å². The van der Waals surface area contributed by atoms with Crippen molar-refractivity contribution in [2.45, 2.75) is 17.4 Å². The van der Waals surface area contributed by atoms with Crippen LogP contribution >= 0.6 is 15.9 Å². The number of aliphatic carboxylic acids is 1. The molecule has 0 bridgehead atoms. The monoisotopic (exact) mass is 355 g/mol. The molecule has 0 radical (unpaired) electrons. The highest BCUT2D eigenvalue weighted by Gasteiger charge is 2.27. The highest BCUT2D eigenvalue weighted by Crippen LogP contribution is 2.19. The lowest BCUT2D eigenvalue weighted by molar-refractivity contribution is -0.139. The van der Waals surface area contributed by atoms with Gasteiger partial charge in [0, 0.05) is 11.1 Å². The first-order valence-electron chi connectivity index (χ1n) is 5.09. The first kappa shape index (κ1) is 16.0. The molecule has 0 aliphatic rings. The number of aliphatic hydroxyl groups excluding tert-OH is 1. The van der Waals surface area contributed by atoms with Crippen LogP contribution in [0.4, 0.5) is 4.39 Å². The molecule has 0 saturated heterocycles. The molecular weight excluding hydrogens is 345 g/mol. The average molecular weight is 356 g/mol. The van der Waals surface area contributed by atoms with Crippen molar-refractivity contribution >= 4 is 31.9 Å². The Morgan fingerprint density at radius 3 is 2.58 bits per heavy atom. The number of hydrogen-bond donors (Lipinski definition) is 3. The third kappa shape index (κ3) is 4.23. The Kier molecular flexibility index (Phi) is 5.41. The standard InChI is InChI=1S/C10H11BrFNO5S/c11-6-1-2-9(7(12)5-6)19(17,18)13-8(3-4-14)10(15)16/h1-2,5,8,13-14H,3-4H2,(H,15,16)/t8-/m0/s1. The highest BCUT2D eigenvalue weighted by molar-refractivity contribution is 9.10. The Bertz CT molecular complexity index is 577. The van der Waals surface area contributed by atoms with Crippen LogP contribution in [-0.4, -0.2) is 37.2 Å². The number of rotatable bonds is 6. The molecule has 1 aromatic rings. The van der Waals surface area contributed by atoms with Crippen molar-refractivity contribution in [1.29, 1.82) is 0 Å². The van der Waals surface area contributed by atoms with E-state index in [0.717, 1.165) is 12.1 Å². The number of carboxylic acid groups (broad SMARTS) is 1. The van der Waals surface area contributed by atoms with Gasteiger partial charge in [0.25, 0.3) is 0 Å². The van der Waals surface area contributed by atoms with Crippen LogP contribution in [0.5, 0.6) is 0 Å². The van der Waals surface area contributed by atoms with Crippen LogP contribution in [0.1, 0.15) is 6.42 Å². The van der Waals surface area contributed by atoms with Crippen LogP contribution in [0.15, 0.2) is 27.6 Å². The topological polar surface area (TPSA) is 104 Å². The quantitative estimate of drug-likeness (QED) is 0.696. The van der Waals surface area contributed by atoms with Gasteiger partial charge in [-0.2, -0.15) is 4.72 Å². The van der Waals surface area contributed by atoms with E-state index < -0.39 is 39.4 Å². The molecular formula is C10H11BrFNO5S. The second-order valence-corrected chi connectivity index (χ2v) is 6.20. The van der Waals surface area contributed by atoms with Gasteiger partial charge in [-0.05, 0) is 24.6 Å². The number of benzene rings is 1. The SMILES string of the molecule is O=C(O)[C@H](CCO)NS(=O)(=O)c1ccc(Br)cc1F. The third-order valence-electron chi connectivity index (χ3n) is 2.20. The van der Waals surface area contributed by atoms with Crippen LogP contribution in [0, 0.1) is 5.82 Å². The van der Waals surface area contributed by atoms with E-state index in [9.17, 15) is 17.6 Å². The van der Waals surface area contributed by atoms with Crippen LogP contribution in [0.2, 0.25) is 0 Å². The lowest BCUT2D eigenvalue weighted by atomic mass is 10.2. The van der Waals surface area contributed by atoms with Gasteiger partial charge in [-0.15, -0.1) is 0 Å². The van der Waals surface area contributed by atoms with Crippen molar-refractivity contribution in [1.82, 2.24) is 4.72 Å². The van der Waals surface area contributed by atoms with Gasteiger partial charge in [-0.1, -0.05) is 15.9 Å². The van der Waals surface area contributed by atoms with Crippen LogP contribution < -0.4 is 4.72 Å². The summed E-state index contributed by atoms with van der Waals surface area (Å²) in [5, 5.41) is 17.5. The van der Waals surface area contributed by atoms with Crippen molar-refractivity contribution in [3.63, 3.8) is 0 Å². The average Bonchev–Trinajstić information content (AvgIpc) is 2.27. The number of halogens is 2. The van der Waals surface area contributed by atoms with E-state index in [1.807, 2.05) is 4.72 Å². The predicted octanol–water partition coefficient (Wildman–Crippen LogP) is 0.702. The number of sulfonamides is 1. The minimum Gasteiger partial charge on any atom is -0.480 e. The first-order chi connectivity index (χ1) is 8.77. The first-order valence-corrected chi connectivity index (χ1v) is 7.36. The van der Waals surface area contributed by atoms with E-state index in [0.29, 0.717) is 4.47 Å². The molecule has 106 valence electrons. The summed E-state index contributed by atoms with van der Waals surface area (Å²) in [5.74, 6) is -2.45. The number of nitrogens with one attached hydrogen (secondary N) is 1. The van der Waals surface area contributed by atoms with Gasteiger partial charge in [0.1, 0.15) is 16.8 Å². The van der Waals surface area contributed by atoms with Gasteiger partial charge in [-0.3, -0.25) is 4.79 Å². The smallest absolute Gasteiger partial charge is 0.321 e. The summed E-state index contributed by atoms with van der Waals surface area (Å²) in [7, 11) is -4.31. The number of carboxylic acids is 1. The molecule has 6 nitrogen and oxygen atoms in total. The zero-order valence-electron chi connectivity index (χ0n) is 9.51. The fourth-order valence-electron chi connectivity index (χ4n) is 1.31. The molecule has 0 fully saturated rings. The second kappa shape index (κ2) is 6.42. The molecule has 0 spiro atoms. The number of hydrogen-bond acceptors (Lipinski definition) is 4. The van der Waals surface area contributed by atoms with Gasteiger partial charge >= 0.3 is 5.97 Å². The second-order valence-electron chi connectivity index (χ2n) is 3.60. The van der Waals surface area contributed by atoms with Crippen molar-refractivity contribution in [3.8, 4) is 0 Å². The molecule has 3 N–H and O–H groups in total. The Labute approximate surface area is 117 Å². The van der Waals surface area contributed by atoms with E-state index in [1.165, 1.54) is 6.07 Å². The maximum Gasteiger partial charge on any atom is 0.321 e. The Morgan fingerprint density at radius 1 is 1.47 bits per heavy atom. The molecule has 1 aromatic carbocycles. The van der Waals surface area contributed by atoms with Crippen molar-refractivity contribution < 1.29 is 27.8 Å². The van der Waals surface area contributed by atoms with E-state index in [2.05, 4.69) is 15.9 Å². The Hall–Kier alpha value is -1.03. The predicted molar refractivity (Wildman–Crippen MR) is 67.5 cm³/mol. The molecule has 0 saturated carbocycles. The van der Waals surface area contributed by atoms with Crippen molar-refractivity contribution in [2.24, 2.45) is 0 Å². The molecule has 19 heavy (non-hydrogen) atoms. The minimum absolute atomic E-state index is 0.313. The number of aliphatic hydroxyl groups is 1. The molecule has 0 aliphatic carbocycles. The van der Waals surface area contributed by atoms with E-state index in [-0.39, 0.29) is 6.42 Å². The van der Waals surface area contributed by atoms with Crippen LogP contribution in [-0.2, 0) is 14.8 Å².